The van der Waals surface area contributed by atoms with Crippen LogP contribution in [0.4, 0.5) is 0 Å². The number of halogens is 4. The molecule has 24 heavy (non-hydrogen) atoms. The zero-order chi connectivity index (χ0) is 18.4. The van der Waals surface area contributed by atoms with Gasteiger partial charge in [0.25, 0.3) is 0 Å². The molecule has 1 fully saturated rings. The van der Waals surface area contributed by atoms with Crippen LogP contribution in [-0.2, 0) is 4.74 Å². The lowest BCUT2D eigenvalue weighted by atomic mass is 9.97. The van der Waals surface area contributed by atoms with Crippen molar-refractivity contribution in [3.05, 3.63) is 31.2 Å². The zero-order valence-corrected chi connectivity index (χ0v) is 16.0. The summed E-state index contributed by atoms with van der Waals surface area (Å²) in [7, 11) is 1.05. The second kappa shape index (κ2) is 9.68. The Bertz CT molecular complexity index is 631. The molecule has 0 heterocycles. The topological polar surface area (TPSA) is 94.1 Å². The Morgan fingerprint density at radius 3 is 1.75 bits per heavy atom. The smallest absolute Gasteiger partial charge is 0.340 e. The van der Waals surface area contributed by atoms with Crippen molar-refractivity contribution < 1.29 is 25.2 Å². The summed E-state index contributed by atoms with van der Waals surface area (Å²) in [5.41, 5.74) is 2.85. The highest BCUT2D eigenvalue weighted by molar-refractivity contribution is 6.53. The molecule has 0 radical (unpaired) electrons. The lowest BCUT2D eigenvalue weighted by Gasteiger charge is -2.15. The van der Waals surface area contributed by atoms with Crippen LogP contribution in [0.15, 0.2) is 0 Å². The maximum atomic E-state index is 11.4. The van der Waals surface area contributed by atoms with Crippen LogP contribution in [0.2, 0.25) is 20.1 Å². The molecule has 9 heteroatoms. The first-order valence-corrected chi connectivity index (χ1v) is 8.72. The van der Waals surface area contributed by atoms with Gasteiger partial charge in [0.2, 0.25) is 0 Å². The van der Waals surface area contributed by atoms with E-state index in [1.165, 1.54) is 32.1 Å². The van der Waals surface area contributed by atoms with E-state index < -0.39 is 28.1 Å². The zero-order valence-electron chi connectivity index (χ0n) is 13.0. The van der Waals surface area contributed by atoms with Crippen molar-refractivity contribution in [3.63, 3.8) is 0 Å². The van der Waals surface area contributed by atoms with E-state index in [0.29, 0.717) is 0 Å². The first-order valence-electron chi connectivity index (χ1n) is 7.21. The van der Waals surface area contributed by atoms with Gasteiger partial charge < -0.3 is 20.4 Å². The summed E-state index contributed by atoms with van der Waals surface area (Å²) >= 11 is 22.8. The van der Waals surface area contributed by atoms with E-state index in [0.717, 1.165) is 13.2 Å². The third kappa shape index (κ3) is 5.14. The second-order valence-corrected chi connectivity index (χ2v) is 6.80. The van der Waals surface area contributed by atoms with Crippen LogP contribution in [0.3, 0.4) is 0 Å². The summed E-state index contributed by atoms with van der Waals surface area (Å²) in [6.45, 7) is 0. The highest BCUT2D eigenvalue weighted by Gasteiger charge is 2.26. The number of hydrogen-bond donors (Lipinski definition) is 1. The Morgan fingerprint density at radius 1 is 0.958 bits per heavy atom. The van der Waals surface area contributed by atoms with Crippen molar-refractivity contribution in [1.82, 2.24) is 0 Å². The number of carboxylic acid groups (broad SMARTS) is 1. The number of hydrogen-bond acceptors (Lipinski definition) is 4. The number of carboxylic acids is 1. The molecule has 0 atom stereocenters. The summed E-state index contributed by atoms with van der Waals surface area (Å²) in [6, 6.07) is 0.786. The molecule has 1 aromatic carbocycles. The first-order chi connectivity index (χ1) is 11.2. The van der Waals surface area contributed by atoms with Crippen LogP contribution in [-0.4, -0.2) is 25.1 Å². The van der Waals surface area contributed by atoms with Crippen LogP contribution in [0.5, 0.6) is 0 Å². The Balaban J connectivity index is 0.000000341. The molecule has 2 rings (SSSR count). The number of ether oxygens (including phenoxy) is 1. The molecule has 0 saturated heterocycles. The number of methoxy groups -OCH3 is 1. The average Bonchev–Trinajstić information content (AvgIpc) is 2.56. The van der Waals surface area contributed by atoms with Crippen molar-refractivity contribution in [2.45, 2.75) is 38.1 Å². The molecule has 0 amide bonds. The van der Waals surface area contributed by atoms with Crippen LogP contribution in [0.25, 0.3) is 0 Å². The van der Waals surface area contributed by atoms with Gasteiger partial charge in [-0.2, -0.15) is 0 Å². The van der Waals surface area contributed by atoms with Crippen LogP contribution in [0.1, 0.15) is 52.8 Å². The molecule has 1 aliphatic rings. The van der Waals surface area contributed by atoms with Gasteiger partial charge in [-0.05, 0) is 25.7 Å². The van der Waals surface area contributed by atoms with Gasteiger partial charge in [-0.15, -0.1) is 0 Å². The predicted molar refractivity (Wildman–Crippen MR) is 91.9 cm³/mol. The fraction of sp³-hybridized carbons (Fsp3) is 0.467. The minimum absolute atomic E-state index is 0.233. The summed E-state index contributed by atoms with van der Waals surface area (Å²) in [5.74, 6) is -2.72. The molecule has 1 aromatic rings. The quantitative estimate of drug-likeness (QED) is 0.455. The van der Waals surface area contributed by atoms with Gasteiger partial charge in [-0.1, -0.05) is 52.8 Å². The normalized spacial score (nSPS) is 14.6. The number of carbonyl (C=O) groups is 2. The van der Waals surface area contributed by atoms with Crippen molar-refractivity contribution in [2.24, 2.45) is 0 Å². The van der Waals surface area contributed by atoms with E-state index >= 15 is 0 Å². The molecule has 134 valence electrons. The molecule has 5 nitrogen and oxygen atoms in total. The van der Waals surface area contributed by atoms with Crippen LogP contribution in [0, 0.1) is 0 Å². The highest BCUT2D eigenvalue weighted by Crippen LogP contribution is 2.41. The fourth-order valence-corrected chi connectivity index (χ4v) is 3.31. The van der Waals surface area contributed by atoms with Gasteiger partial charge in [0.05, 0.1) is 44.8 Å². The maximum Gasteiger partial charge on any atom is 0.340 e. The Labute approximate surface area is 159 Å². The number of rotatable bonds is 2. The monoisotopic (exact) mass is 415 g/mol. The molecular weight excluding hydrogens is 400 g/mol. The van der Waals surface area contributed by atoms with E-state index in [1.54, 1.807) is 0 Å². The summed E-state index contributed by atoms with van der Waals surface area (Å²) < 4.78 is 4.38. The Morgan fingerprint density at radius 2 is 1.42 bits per heavy atom. The predicted octanol–water partition coefficient (Wildman–Crippen LogP) is 3.01. The largest absolute Gasteiger partial charge is 0.545 e. The van der Waals surface area contributed by atoms with E-state index in [4.69, 9.17) is 46.4 Å². The number of aromatic carboxylic acids is 1. The molecule has 3 N–H and O–H groups in total. The Hall–Kier alpha value is -0.720. The molecule has 0 aliphatic heterocycles. The fourth-order valence-electron chi connectivity index (χ4n) is 2.30. The lowest BCUT2D eigenvalue weighted by Crippen LogP contribution is -2.61. The van der Waals surface area contributed by atoms with E-state index in [1.807, 2.05) is 0 Å². The molecule has 0 unspecified atom stereocenters. The van der Waals surface area contributed by atoms with Gasteiger partial charge in [-0.3, -0.25) is 0 Å². The Kier molecular flexibility index (Phi) is 8.60. The third-order valence-corrected chi connectivity index (χ3v) is 5.39. The lowest BCUT2D eigenvalue weighted by molar-refractivity contribution is -0.425. The molecule has 0 spiro atoms. The number of quaternary nitrogens is 1. The van der Waals surface area contributed by atoms with Gasteiger partial charge in [0.15, 0.2) is 0 Å². The van der Waals surface area contributed by atoms with Gasteiger partial charge in [0.1, 0.15) is 0 Å². The van der Waals surface area contributed by atoms with Crippen molar-refractivity contribution in [2.75, 3.05) is 7.11 Å². The summed E-state index contributed by atoms with van der Waals surface area (Å²) in [5, 5.41) is 9.63. The number of benzene rings is 1. The summed E-state index contributed by atoms with van der Waals surface area (Å²) in [4.78, 5) is 22.3. The second-order valence-electron chi connectivity index (χ2n) is 5.29. The first kappa shape index (κ1) is 21.3. The highest BCUT2D eigenvalue weighted by atomic mass is 35.5. The molecule has 1 saturated carbocycles. The van der Waals surface area contributed by atoms with E-state index in [9.17, 15) is 14.7 Å². The van der Waals surface area contributed by atoms with Crippen molar-refractivity contribution in [1.29, 1.82) is 0 Å². The van der Waals surface area contributed by atoms with Gasteiger partial charge >= 0.3 is 5.97 Å². The average molecular weight is 417 g/mol. The van der Waals surface area contributed by atoms with Gasteiger partial charge in [0, 0.05) is 5.56 Å². The molecule has 1 aliphatic carbocycles. The number of carbonyl (C=O) groups excluding carboxylic acids is 2. The SMILES string of the molecule is COC(=O)c1c(Cl)c(Cl)c(Cl)c(Cl)c1C(=O)[O-].[NH3+]C1CCCCC1. The standard InChI is InChI=1S/C9H4Cl4O4.C6H13N/c1-17-9(16)3-2(8(14)15)4(10)6(12)7(13)5(3)11;7-6-4-2-1-3-5-6/h1H3,(H,14,15);6H,1-5,7H2. The van der Waals surface area contributed by atoms with Gasteiger partial charge in [-0.25, -0.2) is 4.79 Å². The molecule has 0 bridgehead atoms. The minimum atomic E-state index is -1.71. The van der Waals surface area contributed by atoms with E-state index in [-0.39, 0.29) is 15.1 Å². The molecule has 0 aromatic heterocycles. The third-order valence-electron chi connectivity index (χ3n) is 3.59. The van der Waals surface area contributed by atoms with E-state index in [2.05, 4.69) is 10.5 Å². The maximum absolute atomic E-state index is 11.4. The van der Waals surface area contributed by atoms with Crippen LogP contribution >= 0.6 is 46.4 Å². The molecular formula is C15H17Cl4NO4. The van der Waals surface area contributed by atoms with Crippen molar-refractivity contribution >= 4 is 58.3 Å². The summed E-state index contributed by atoms with van der Waals surface area (Å²) in [6.07, 6.45) is 7.05. The number of esters is 1. The van der Waals surface area contributed by atoms with Crippen LogP contribution < -0.4 is 10.8 Å². The minimum Gasteiger partial charge on any atom is -0.545 e. The van der Waals surface area contributed by atoms with Crippen molar-refractivity contribution in [3.8, 4) is 0 Å².